The maximum atomic E-state index is 12.0. The first-order chi connectivity index (χ1) is 19.6. The molecule has 3 heterocycles. The average Bonchev–Trinajstić information content (AvgIpc) is 3.41. The first-order valence-electron chi connectivity index (χ1n) is 11.6. The lowest BCUT2D eigenvalue weighted by molar-refractivity contribution is -0.386. The summed E-state index contributed by atoms with van der Waals surface area (Å²) in [6.45, 7) is -1.03. The van der Waals surface area contributed by atoms with E-state index < -0.39 is 53.4 Å². The quantitative estimate of drug-likeness (QED) is 0.0865. The van der Waals surface area contributed by atoms with Gasteiger partial charge in [0.05, 0.1) is 41.8 Å². The summed E-state index contributed by atoms with van der Waals surface area (Å²) in [7, 11) is -16.7. The van der Waals surface area contributed by atoms with Gasteiger partial charge in [-0.3, -0.25) is 14.6 Å². The van der Waals surface area contributed by atoms with Crippen LogP contribution in [0.15, 0.2) is 36.8 Å². The number of nitro benzene ring substituents is 1. The second kappa shape index (κ2) is 12.5. The Labute approximate surface area is 235 Å². The van der Waals surface area contributed by atoms with Crippen molar-refractivity contribution in [3.63, 3.8) is 0 Å². The summed E-state index contributed by atoms with van der Waals surface area (Å²) in [5.41, 5.74) is 7.05. The SMILES string of the molecule is Nc1ncnc2c1c(COCc1ccccc1[N+](=O)[O-])cn2[C@H]1C[C@@H](O)[C@@H](COP(=O)(O)OP(=O)(O)OP(=O)(O)O)O1. The van der Waals surface area contributed by atoms with Gasteiger partial charge >= 0.3 is 23.5 Å². The van der Waals surface area contributed by atoms with Gasteiger partial charge in [-0.15, -0.1) is 0 Å². The predicted octanol–water partition coefficient (Wildman–Crippen LogP) is 1.63. The molecule has 0 aliphatic carbocycles. The van der Waals surface area contributed by atoms with E-state index in [0.717, 1.165) is 0 Å². The van der Waals surface area contributed by atoms with Gasteiger partial charge in [0.2, 0.25) is 0 Å². The van der Waals surface area contributed by atoms with Crippen molar-refractivity contribution in [3.05, 3.63) is 58.0 Å². The molecule has 5 atom stereocenters. The Hall–Kier alpha value is -2.67. The number of phosphoric acid groups is 3. The maximum Gasteiger partial charge on any atom is 0.490 e. The Kier molecular flexibility index (Phi) is 9.61. The normalized spacial score (nSPS) is 22.2. The van der Waals surface area contributed by atoms with Gasteiger partial charge in [-0.2, -0.15) is 8.62 Å². The molecule has 2 aromatic heterocycles. The van der Waals surface area contributed by atoms with Crippen molar-refractivity contribution >= 4 is 46.0 Å². The topological polar surface area (TPSA) is 298 Å². The molecule has 1 fully saturated rings. The zero-order chi connectivity index (χ0) is 30.9. The van der Waals surface area contributed by atoms with Crippen LogP contribution in [0.5, 0.6) is 0 Å². The number of ether oxygens (including phenoxy) is 2. The molecule has 0 amide bonds. The molecule has 1 saturated heterocycles. The number of aliphatic hydroxyl groups is 1. The zero-order valence-electron chi connectivity index (χ0n) is 21.1. The Morgan fingerprint density at radius 3 is 2.45 bits per heavy atom. The molecule has 1 aromatic carbocycles. The Morgan fingerprint density at radius 2 is 1.76 bits per heavy atom. The summed E-state index contributed by atoms with van der Waals surface area (Å²) in [6.07, 6.45) is -0.863. The lowest BCUT2D eigenvalue weighted by Gasteiger charge is -2.19. The van der Waals surface area contributed by atoms with E-state index in [0.29, 0.717) is 16.5 Å². The first-order valence-corrected chi connectivity index (χ1v) is 16.1. The number of hydrogen-bond donors (Lipinski definition) is 6. The van der Waals surface area contributed by atoms with E-state index in [9.17, 15) is 38.7 Å². The summed E-state index contributed by atoms with van der Waals surface area (Å²) >= 11 is 0. The minimum absolute atomic E-state index is 0.0716. The number of benzene rings is 1. The first kappa shape index (κ1) is 32.2. The molecule has 0 saturated carbocycles. The van der Waals surface area contributed by atoms with Crippen LogP contribution < -0.4 is 5.73 Å². The summed E-state index contributed by atoms with van der Waals surface area (Å²) in [6, 6.07) is 6.06. The van der Waals surface area contributed by atoms with E-state index in [1.165, 1.54) is 23.0 Å². The zero-order valence-corrected chi connectivity index (χ0v) is 23.7. The van der Waals surface area contributed by atoms with Crippen LogP contribution in [0.3, 0.4) is 0 Å². The number of rotatable bonds is 13. The predicted molar refractivity (Wildman–Crippen MR) is 138 cm³/mol. The van der Waals surface area contributed by atoms with Crippen LogP contribution in [0, 0.1) is 10.1 Å². The second-order valence-corrected chi connectivity index (χ2v) is 13.1. The minimum Gasteiger partial charge on any atom is -0.390 e. The number of nitrogens with zero attached hydrogens (tertiary/aromatic N) is 4. The molecule has 1 aliphatic heterocycles. The highest BCUT2D eigenvalue weighted by Gasteiger charge is 2.43. The maximum absolute atomic E-state index is 12.0. The lowest BCUT2D eigenvalue weighted by Crippen LogP contribution is -2.26. The highest BCUT2D eigenvalue weighted by Crippen LogP contribution is 2.66. The molecule has 2 unspecified atom stereocenters. The Morgan fingerprint density at radius 1 is 1.07 bits per heavy atom. The van der Waals surface area contributed by atoms with Crippen LogP contribution in [-0.4, -0.2) is 63.0 Å². The van der Waals surface area contributed by atoms with Gasteiger partial charge in [0, 0.05) is 24.2 Å². The van der Waals surface area contributed by atoms with Crippen LogP contribution in [0.1, 0.15) is 23.8 Å². The van der Waals surface area contributed by atoms with Crippen molar-refractivity contribution in [1.82, 2.24) is 14.5 Å². The number of nitro groups is 1. The molecule has 1 aliphatic rings. The third-order valence-corrected chi connectivity index (χ3v) is 9.56. The van der Waals surface area contributed by atoms with Crippen molar-refractivity contribution in [3.8, 4) is 0 Å². The average molecular weight is 655 g/mol. The largest absolute Gasteiger partial charge is 0.490 e. The number of hydrogen-bond acceptors (Lipinski definition) is 14. The molecular formula is C19H24N5O15P3. The number of para-hydroxylation sites is 1. The molecule has 23 heteroatoms. The molecule has 20 nitrogen and oxygen atoms in total. The van der Waals surface area contributed by atoms with Crippen LogP contribution in [0.2, 0.25) is 0 Å². The fourth-order valence-corrected chi connectivity index (χ4v) is 7.13. The molecule has 0 radical (unpaired) electrons. The van der Waals surface area contributed by atoms with Crippen molar-refractivity contribution in [2.45, 2.75) is 38.1 Å². The molecule has 0 spiro atoms. The molecular weight excluding hydrogens is 631 g/mol. The van der Waals surface area contributed by atoms with E-state index in [1.54, 1.807) is 18.3 Å². The minimum atomic E-state index is -5.72. The van der Waals surface area contributed by atoms with Gasteiger partial charge < -0.3 is 44.5 Å². The van der Waals surface area contributed by atoms with Crippen molar-refractivity contribution in [1.29, 1.82) is 0 Å². The highest BCUT2D eigenvalue weighted by molar-refractivity contribution is 7.66. The van der Waals surface area contributed by atoms with Gasteiger partial charge in [0.15, 0.2) is 0 Å². The summed E-state index contributed by atoms with van der Waals surface area (Å²) in [5.74, 6) is 0.0887. The van der Waals surface area contributed by atoms with E-state index in [4.69, 9.17) is 25.0 Å². The monoisotopic (exact) mass is 655 g/mol. The van der Waals surface area contributed by atoms with Crippen LogP contribution >= 0.6 is 23.5 Å². The van der Waals surface area contributed by atoms with Crippen molar-refractivity contribution in [2.75, 3.05) is 12.3 Å². The Bertz CT molecular complexity index is 1610. The molecule has 3 aromatic rings. The fraction of sp³-hybridized carbons (Fsp3) is 0.368. The van der Waals surface area contributed by atoms with Crippen LogP contribution in [-0.2, 0) is 49.5 Å². The number of nitrogen functional groups attached to an aromatic ring is 1. The third-order valence-electron chi connectivity index (χ3n) is 5.75. The highest BCUT2D eigenvalue weighted by atomic mass is 31.3. The van der Waals surface area contributed by atoms with E-state index in [-0.39, 0.29) is 36.8 Å². The molecule has 4 rings (SSSR count). The smallest absolute Gasteiger partial charge is 0.390 e. The molecule has 0 bridgehead atoms. The third kappa shape index (κ3) is 8.03. The molecule has 7 N–H and O–H groups in total. The molecule has 230 valence electrons. The number of aromatic nitrogens is 3. The summed E-state index contributed by atoms with van der Waals surface area (Å²) in [5, 5.41) is 22.1. The lowest BCUT2D eigenvalue weighted by atomic mass is 10.2. The van der Waals surface area contributed by atoms with Gasteiger partial charge in [0.1, 0.15) is 30.1 Å². The van der Waals surface area contributed by atoms with Crippen LogP contribution in [0.25, 0.3) is 11.0 Å². The summed E-state index contributed by atoms with van der Waals surface area (Å²) < 4.78 is 59.1. The Balaban J connectivity index is 1.46. The number of nitrogens with two attached hydrogens (primary N) is 1. The van der Waals surface area contributed by atoms with Crippen molar-refractivity contribution < 1.29 is 65.9 Å². The van der Waals surface area contributed by atoms with E-state index in [1.807, 2.05) is 0 Å². The van der Waals surface area contributed by atoms with Gasteiger partial charge in [0.25, 0.3) is 5.69 Å². The van der Waals surface area contributed by atoms with Crippen LogP contribution in [0.4, 0.5) is 11.5 Å². The van der Waals surface area contributed by atoms with Gasteiger partial charge in [-0.25, -0.2) is 23.7 Å². The number of aliphatic hydroxyl groups excluding tert-OH is 1. The fourth-order valence-electron chi connectivity index (χ4n) is 4.10. The van der Waals surface area contributed by atoms with Gasteiger partial charge in [-0.05, 0) is 6.07 Å². The number of phosphoric ester groups is 1. The standard InChI is InChI=1S/C19H24N5O15P3/c20-18-17-12(8-35-7-11-3-1-2-4-13(11)24(26)27)6-23(19(17)22-10-21-18)16-5-14(25)15(37-16)9-36-41(31,32)39-42(33,34)38-40(28,29)30/h1-4,6,10,14-16,25H,5,7-9H2,(H,31,32)(H,33,34)(H2,20,21,22)(H2,28,29,30)/t14-,15-,16-/m1/s1. The number of anilines is 1. The molecule has 42 heavy (non-hydrogen) atoms. The van der Waals surface area contributed by atoms with E-state index >= 15 is 0 Å². The number of fused-ring (bicyclic) bond motifs is 1. The second-order valence-electron chi connectivity index (χ2n) is 8.72. The van der Waals surface area contributed by atoms with Gasteiger partial charge in [-0.1, -0.05) is 12.1 Å². The van der Waals surface area contributed by atoms with E-state index in [2.05, 4.69) is 23.1 Å². The summed E-state index contributed by atoms with van der Waals surface area (Å²) in [4.78, 5) is 55.1. The van der Waals surface area contributed by atoms with Crippen molar-refractivity contribution in [2.24, 2.45) is 0 Å².